The number of nitrogens with zero attached hydrogens (tertiary/aromatic N) is 1. The summed E-state index contributed by atoms with van der Waals surface area (Å²) in [5.74, 6) is 0.318. The van der Waals surface area contributed by atoms with Crippen LogP contribution in [-0.2, 0) is 10.0 Å². The number of sulfonamides is 1. The first kappa shape index (κ1) is 17.9. The zero-order valence-corrected chi connectivity index (χ0v) is 15.0. The van der Waals surface area contributed by atoms with Gasteiger partial charge in [-0.1, -0.05) is 31.5 Å². The van der Waals surface area contributed by atoms with Gasteiger partial charge in [-0.05, 0) is 40.4 Å². The average Bonchev–Trinajstić information content (AvgIpc) is 2.34. The van der Waals surface area contributed by atoms with Gasteiger partial charge in [0.25, 0.3) is 0 Å². The molecule has 0 aliphatic heterocycles. The van der Waals surface area contributed by atoms with Crippen molar-refractivity contribution in [2.24, 2.45) is 11.7 Å². The molecule has 0 saturated heterocycles. The van der Waals surface area contributed by atoms with Gasteiger partial charge in [-0.2, -0.15) is 0 Å². The predicted octanol–water partition coefficient (Wildman–Crippen LogP) is 3.10. The Bertz CT molecular complexity index is 543. The van der Waals surface area contributed by atoms with Gasteiger partial charge < -0.3 is 5.73 Å². The summed E-state index contributed by atoms with van der Waals surface area (Å²) in [5, 5.41) is 0.208. The van der Waals surface area contributed by atoms with Crippen LogP contribution in [0.2, 0.25) is 5.02 Å². The minimum Gasteiger partial charge on any atom is -0.327 e. The molecule has 2 N–H and O–H groups in total. The van der Waals surface area contributed by atoms with E-state index < -0.39 is 10.0 Å². The third kappa shape index (κ3) is 4.18. The smallest absolute Gasteiger partial charge is 0.245 e. The first-order valence-electron chi connectivity index (χ1n) is 6.34. The molecule has 0 aliphatic rings. The third-order valence-electron chi connectivity index (χ3n) is 3.22. The Morgan fingerprint density at radius 1 is 1.40 bits per heavy atom. The standard InChI is InChI=1S/C13H20BrClN2O2S/c1-9(2)12(16)7-8-17(3)20(18,19)13-10(14)5-4-6-11(13)15/h4-6,9,12H,7-8,16H2,1-3H3. The SMILES string of the molecule is CC(C)C(N)CCN(C)S(=O)(=O)c1c(Cl)cccc1Br. The highest BCUT2D eigenvalue weighted by atomic mass is 79.9. The van der Waals surface area contributed by atoms with E-state index in [2.05, 4.69) is 15.9 Å². The van der Waals surface area contributed by atoms with E-state index in [1.165, 1.54) is 11.4 Å². The molecule has 0 saturated carbocycles. The van der Waals surface area contributed by atoms with Crippen LogP contribution < -0.4 is 5.73 Å². The van der Waals surface area contributed by atoms with Crippen molar-refractivity contribution in [3.8, 4) is 0 Å². The second kappa shape index (κ2) is 7.22. The molecule has 1 unspecified atom stereocenters. The lowest BCUT2D eigenvalue weighted by atomic mass is 10.0. The number of benzene rings is 1. The third-order valence-corrected chi connectivity index (χ3v) is 6.53. The van der Waals surface area contributed by atoms with Crippen molar-refractivity contribution in [1.29, 1.82) is 0 Å². The summed E-state index contributed by atoms with van der Waals surface area (Å²) in [5.41, 5.74) is 5.95. The minimum absolute atomic E-state index is 0.0256. The summed E-state index contributed by atoms with van der Waals surface area (Å²) in [6, 6.07) is 4.89. The highest BCUT2D eigenvalue weighted by molar-refractivity contribution is 9.10. The van der Waals surface area contributed by atoms with Crippen molar-refractivity contribution < 1.29 is 8.42 Å². The Balaban J connectivity index is 2.94. The fraction of sp³-hybridized carbons (Fsp3) is 0.538. The maximum absolute atomic E-state index is 12.5. The molecule has 0 radical (unpaired) electrons. The number of halogens is 2. The van der Waals surface area contributed by atoms with Crippen molar-refractivity contribution in [1.82, 2.24) is 4.31 Å². The van der Waals surface area contributed by atoms with Crippen LogP contribution in [0.5, 0.6) is 0 Å². The van der Waals surface area contributed by atoms with Gasteiger partial charge in [0.05, 0.1) is 5.02 Å². The summed E-state index contributed by atoms with van der Waals surface area (Å²) in [4.78, 5) is 0.0993. The molecule has 0 bridgehead atoms. The Hall–Kier alpha value is -0.140. The minimum atomic E-state index is -3.62. The van der Waals surface area contributed by atoms with Crippen LogP contribution in [0.1, 0.15) is 20.3 Å². The lowest BCUT2D eigenvalue weighted by Gasteiger charge is -2.22. The van der Waals surface area contributed by atoms with E-state index in [0.717, 1.165) is 0 Å². The number of rotatable bonds is 6. The molecule has 20 heavy (non-hydrogen) atoms. The quantitative estimate of drug-likeness (QED) is 0.821. The molecule has 0 aliphatic carbocycles. The van der Waals surface area contributed by atoms with E-state index in [4.69, 9.17) is 17.3 Å². The molecule has 4 nitrogen and oxygen atoms in total. The number of hydrogen-bond acceptors (Lipinski definition) is 3. The zero-order valence-electron chi connectivity index (χ0n) is 11.8. The van der Waals surface area contributed by atoms with E-state index in [0.29, 0.717) is 23.4 Å². The Kier molecular flexibility index (Phi) is 6.47. The molecule has 0 spiro atoms. The van der Waals surface area contributed by atoms with Gasteiger partial charge >= 0.3 is 0 Å². The summed E-state index contributed by atoms with van der Waals surface area (Å²) in [6.07, 6.45) is 0.607. The molecule has 1 rings (SSSR count). The maximum Gasteiger partial charge on any atom is 0.245 e. The van der Waals surface area contributed by atoms with Gasteiger partial charge in [0.1, 0.15) is 4.90 Å². The lowest BCUT2D eigenvalue weighted by Crippen LogP contribution is -2.34. The highest BCUT2D eigenvalue weighted by Crippen LogP contribution is 2.31. The van der Waals surface area contributed by atoms with Gasteiger partial charge in [0.15, 0.2) is 0 Å². The summed E-state index contributed by atoms with van der Waals surface area (Å²) >= 11 is 9.25. The average molecular weight is 384 g/mol. The molecular formula is C13H20BrClN2O2S. The van der Waals surface area contributed by atoms with Gasteiger partial charge in [0, 0.05) is 24.1 Å². The van der Waals surface area contributed by atoms with Crippen molar-refractivity contribution in [2.45, 2.75) is 31.2 Å². The molecule has 1 aromatic carbocycles. The van der Waals surface area contributed by atoms with E-state index in [9.17, 15) is 8.42 Å². The van der Waals surface area contributed by atoms with Gasteiger partial charge in [-0.25, -0.2) is 12.7 Å². The van der Waals surface area contributed by atoms with Crippen LogP contribution in [-0.4, -0.2) is 32.4 Å². The molecule has 0 fully saturated rings. The van der Waals surface area contributed by atoms with Crippen molar-refractivity contribution in [2.75, 3.05) is 13.6 Å². The molecular weight excluding hydrogens is 364 g/mol. The monoisotopic (exact) mass is 382 g/mol. The highest BCUT2D eigenvalue weighted by Gasteiger charge is 2.26. The molecule has 7 heteroatoms. The Labute approximate surface area is 134 Å². The van der Waals surface area contributed by atoms with E-state index in [1.54, 1.807) is 18.2 Å². The Morgan fingerprint density at radius 2 is 2.00 bits per heavy atom. The van der Waals surface area contributed by atoms with Crippen LogP contribution in [0.25, 0.3) is 0 Å². The van der Waals surface area contributed by atoms with Crippen LogP contribution in [0.15, 0.2) is 27.6 Å². The Morgan fingerprint density at radius 3 is 2.50 bits per heavy atom. The molecule has 1 aromatic rings. The number of nitrogens with two attached hydrogens (primary N) is 1. The molecule has 0 aromatic heterocycles. The second-order valence-corrected chi connectivity index (χ2v) is 8.32. The first-order valence-corrected chi connectivity index (χ1v) is 8.95. The van der Waals surface area contributed by atoms with Crippen molar-refractivity contribution in [3.63, 3.8) is 0 Å². The van der Waals surface area contributed by atoms with Gasteiger partial charge in [-0.15, -0.1) is 0 Å². The van der Waals surface area contributed by atoms with Crippen molar-refractivity contribution >= 4 is 37.6 Å². The topological polar surface area (TPSA) is 63.4 Å². The lowest BCUT2D eigenvalue weighted by molar-refractivity contribution is 0.397. The summed E-state index contributed by atoms with van der Waals surface area (Å²) in [6.45, 7) is 4.40. The predicted molar refractivity (Wildman–Crippen MR) is 86.4 cm³/mol. The molecule has 0 amide bonds. The van der Waals surface area contributed by atoms with E-state index in [1.807, 2.05) is 13.8 Å². The fourth-order valence-corrected chi connectivity index (χ4v) is 4.52. The van der Waals surface area contributed by atoms with E-state index in [-0.39, 0.29) is 16.0 Å². The number of hydrogen-bond donors (Lipinski definition) is 1. The van der Waals surface area contributed by atoms with E-state index >= 15 is 0 Å². The van der Waals surface area contributed by atoms with Gasteiger partial charge in [-0.3, -0.25) is 0 Å². The van der Waals surface area contributed by atoms with Crippen LogP contribution >= 0.6 is 27.5 Å². The fourth-order valence-electron chi connectivity index (χ4n) is 1.67. The van der Waals surface area contributed by atoms with Crippen LogP contribution in [0, 0.1) is 5.92 Å². The summed E-state index contributed by atoms with van der Waals surface area (Å²) < 4.78 is 26.8. The van der Waals surface area contributed by atoms with Crippen LogP contribution in [0.3, 0.4) is 0 Å². The maximum atomic E-state index is 12.5. The molecule has 1 atom stereocenters. The van der Waals surface area contributed by atoms with Crippen molar-refractivity contribution in [3.05, 3.63) is 27.7 Å². The largest absolute Gasteiger partial charge is 0.327 e. The van der Waals surface area contributed by atoms with Crippen LogP contribution in [0.4, 0.5) is 0 Å². The normalized spacial score (nSPS) is 14.0. The zero-order chi connectivity index (χ0) is 15.5. The first-order chi connectivity index (χ1) is 9.17. The molecule has 114 valence electrons. The van der Waals surface area contributed by atoms with Gasteiger partial charge in [0.2, 0.25) is 10.0 Å². The summed E-state index contributed by atoms with van der Waals surface area (Å²) in [7, 11) is -2.08. The molecule has 0 heterocycles. The second-order valence-electron chi connectivity index (χ2n) is 5.07.